The van der Waals surface area contributed by atoms with Gasteiger partial charge in [-0.2, -0.15) is 0 Å². The maximum Gasteiger partial charge on any atom is 0.573 e. The first-order valence-corrected chi connectivity index (χ1v) is 10.5. The van der Waals surface area contributed by atoms with Crippen LogP contribution in [0.5, 0.6) is 11.5 Å². The van der Waals surface area contributed by atoms with E-state index in [1.165, 1.54) is 14.0 Å². The molecular formula is C21H24BClF3N3O6. The van der Waals surface area contributed by atoms with Crippen LogP contribution >= 0.6 is 11.6 Å². The van der Waals surface area contributed by atoms with Gasteiger partial charge in [0.2, 0.25) is 0 Å². The summed E-state index contributed by atoms with van der Waals surface area (Å²) in [4.78, 5) is 24.2. The molecule has 0 aliphatic carbocycles. The Balaban J connectivity index is 0.00000210. The molecule has 0 fully saturated rings. The fourth-order valence-corrected chi connectivity index (χ4v) is 3.49. The number of aldehydes is 1. The predicted molar refractivity (Wildman–Crippen MR) is 122 cm³/mol. The Hall–Kier alpha value is -2.84. The number of halogens is 4. The van der Waals surface area contributed by atoms with E-state index in [9.17, 15) is 27.8 Å². The van der Waals surface area contributed by atoms with E-state index >= 15 is 0 Å². The maximum absolute atomic E-state index is 12.5. The minimum absolute atomic E-state index is 0.00106. The van der Waals surface area contributed by atoms with E-state index in [0.29, 0.717) is 22.9 Å². The molecule has 6 N–H and O–H groups in total. The lowest BCUT2D eigenvalue weighted by Crippen LogP contribution is -2.51. The highest BCUT2D eigenvalue weighted by molar-refractivity contribution is 6.65. The Morgan fingerprint density at radius 1 is 1.31 bits per heavy atom. The van der Waals surface area contributed by atoms with Gasteiger partial charge in [-0.3, -0.25) is 4.79 Å². The van der Waals surface area contributed by atoms with Gasteiger partial charge < -0.3 is 40.7 Å². The van der Waals surface area contributed by atoms with E-state index in [0.717, 1.165) is 24.3 Å². The van der Waals surface area contributed by atoms with Crippen molar-refractivity contribution in [2.75, 3.05) is 13.7 Å². The lowest BCUT2D eigenvalue weighted by atomic mass is 9.78. The van der Waals surface area contributed by atoms with Crippen LogP contribution < -0.4 is 31.7 Å². The monoisotopic (exact) mass is 517 g/mol. The van der Waals surface area contributed by atoms with Crippen LogP contribution in [0.2, 0.25) is 5.02 Å². The van der Waals surface area contributed by atoms with Crippen LogP contribution in [0.3, 0.4) is 0 Å². The second-order valence-corrected chi connectivity index (χ2v) is 7.84. The molecule has 14 heteroatoms. The van der Waals surface area contributed by atoms with Gasteiger partial charge in [-0.1, -0.05) is 11.6 Å². The highest BCUT2D eigenvalue weighted by Gasteiger charge is 2.35. The Morgan fingerprint density at radius 3 is 2.49 bits per heavy atom. The van der Waals surface area contributed by atoms with E-state index in [1.54, 1.807) is 6.07 Å². The van der Waals surface area contributed by atoms with Gasteiger partial charge in [-0.05, 0) is 55.4 Å². The zero-order valence-corrected chi connectivity index (χ0v) is 19.6. The van der Waals surface area contributed by atoms with E-state index in [1.807, 2.05) is 0 Å². The lowest BCUT2D eigenvalue weighted by molar-refractivity contribution is -0.274. The summed E-state index contributed by atoms with van der Waals surface area (Å²) in [6.07, 6.45) is -4.41. The number of hydrogen-bond donors (Lipinski definition) is 4. The number of hydrogen-bond acceptors (Lipinski definition) is 8. The van der Waals surface area contributed by atoms with Gasteiger partial charge in [0.15, 0.2) is 0 Å². The molecular weight excluding hydrogens is 494 g/mol. The van der Waals surface area contributed by atoms with Crippen molar-refractivity contribution in [1.82, 2.24) is 5.32 Å². The SMILES string of the molecule is CC(C=O)(COc1cc(CN)c2c(c1Cl)B(O)OC2)NC(=O)c1ccc(OC(F)(F)F)cc1.CN. The molecule has 1 atom stereocenters. The van der Waals surface area contributed by atoms with E-state index < -0.39 is 30.7 Å². The van der Waals surface area contributed by atoms with Crippen LogP contribution in [0.1, 0.15) is 28.4 Å². The van der Waals surface area contributed by atoms with Crippen LogP contribution in [0.4, 0.5) is 13.2 Å². The summed E-state index contributed by atoms with van der Waals surface area (Å²) in [6.45, 7) is 1.32. The first-order chi connectivity index (χ1) is 16.5. The number of alkyl halides is 3. The smallest absolute Gasteiger partial charge is 0.489 e. The molecule has 0 spiro atoms. The van der Waals surface area contributed by atoms with Crippen molar-refractivity contribution in [1.29, 1.82) is 0 Å². The second-order valence-electron chi connectivity index (χ2n) is 7.46. The normalized spacial score (nSPS) is 14.3. The van der Waals surface area contributed by atoms with Crippen LogP contribution in [-0.2, 0) is 22.6 Å². The quantitative estimate of drug-likeness (QED) is 0.302. The van der Waals surface area contributed by atoms with Gasteiger partial charge in [0.05, 0.1) is 11.6 Å². The number of ether oxygens (including phenoxy) is 2. The van der Waals surface area contributed by atoms with E-state index in [4.69, 9.17) is 26.7 Å². The highest BCUT2D eigenvalue weighted by atomic mass is 35.5. The van der Waals surface area contributed by atoms with Crippen molar-refractivity contribution in [3.05, 3.63) is 52.0 Å². The zero-order valence-electron chi connectivity index (χ0n) is 18.8. The summed E-state index contributed by atoms with van der Waals surface area (Å²) in [5.74, 6) is -1.08. The fourth-order valence-electron chi connectivity index (χ4n) is 3.17. The summed E-state index contributed by atoms with van der Waals surface area (Å²) in [7, 11) is 0.253. The van der Waals surface area contributed by atoms with Crippen molar-refractivity contribution in [2.24, 2.45) is 11.5 Å². The molecule has 0 saturated heterocycles. The Bertz CT molecular complexity index is 1060. The molecule has 3 rings (SSSR count). The summed E-state index contributed by atoms with van der Waals surface area (Å²) >= 11 is 6.34. The summed E-state index contributed by atoms with van der Waals surface area (Å²) < 4.78 is 51.4. The van der Waals surface area contributed by atoms with Crippen molar-refractivity contribution in [2.45, 2.75) is 32.0 Å². The first-order valence-electron chi connectivity index (χ1n) is 10.2. The molecule has 35 heavy (non-hydrogen) atoms. The minimum atomic E-state index is -4.86. The molecule has 2 aromatic rings. The third-order valence-corrected chi connectivity index (χ3v) is 5.25. The highest BCUT2D eigenvalue weighted by Crippen LogP contribution is 2.31. The number of carbonyl (C=O) groups excluding carboxylic acids is 2. The van der Waals surface area contributed by atoms with Crippen LogP contribution in [-0.4, -0.2) is 49.9 Å². The van der Waals surface area contributed by atoms with Crippen molar-refractivity contribution >= 4 is 36.4 Å². The number of nitrogens with two attached hydrogens (primary N) is 2. The molecule has 1 aliphatic rings. The third kappa shape index (κ3) is 7.09. The Labute approximate surface area is 204 Å². The van der Waals surface area contributed by atoms with Crippen LogP contribution in [0, 0.1) is 0 Å². The Morgan fingerprint density at radius 2 is 1.94 bits per heavy atom. The summed E-state index contributed by atoms with van der Waals surface area (Å²) in [5, 5.41) is 12.6. The molecule has 9 nitrogen and oxygen atoms in total. The van der Waals surface area contributed by atoms with Gasteiger partial charge in [0.25, 0.3) is 5.91 Å². The van der Waals surface area contributed by atoms with Crippen LogP contribution in [0.15, 0.2) is 30.3 Å². The standard InChI is InChI=1S/C20H19BClF3N2O6.CH5N/c1-19(9-28,27-18(29)11-2-4-13(5-3-11)33-20(23,24)25)10-31-15-6-12(7-26)14-8-32-21(30)16(14)17(15)22;1-2/h2-6,9,30H,7-8,10,26H2,1H3,(H,27,29);2H2,1H3. The van der Waals surface area contributed by atoms with Gasteiger partial charge in [0.1, 0.15) is 29.9 Å². The van der Waals surface area contributed by atoms with Gasteiger partial charge in [0, 0.05) is 17.6 Å². The molecule has 1 unspecified atom stereocenters. The topological polar surface area (TPSA) is 146 Å². The molecule has 1 heterocycles. The number of carbonyl (C=O) groups is 2. The van der Waals surface area contributed by atoms with E-state index in [-0.39, 0.29) is 36.1 Å². The molecule has 0 aromatic heterocycles. The van der Waals surface area contributed by atoms with Crippen molar-refractivity contribution < 1.29 is 41.9 Å². The maximum atomic E-state index is 12.5. The molecule has 0 radical (unpaired) electrons. The van der Waals surface area contributed by atoms with E-state index in [2.05, 4.69) is 15.8 Å². The van der Waals surface area contributed by atoms with Gasteiger partial charge in [-0.25, -0.2) is 0 Å². The van der Waals surface area contributed by atoms with Crippen LogP contribution in [0.25, 0.3) is 0 Å². The fraction of sp³-hybridized carbons (Fsp3) is 0.333. The number of nitrogens with one attached hydrogen (secondary N) is 1. The molecule has 1 aliphatic heterocycles. The van der Waals surface area contributed by atoms with Gasteiger partial charge >= 0.3 is 13.5 Å². The summed E-state index contributed by atoms with van der Waals surface area (Å²) in [6, 6.07) is 5.75. The third-order valence-electron chi connectivity index (χ3n) is 4.86. The van der Waals surface area contributed by atoms with Gasteiger partial charge in [-0.15, -0.1) is 13.2 Å². The summed E-state index contributed by atoms with van der Waals surface area (Å²) in [5.41, 5.74) is 10.4. The minimum Gasteiger partial charge on any atom is -0.489 e. The number of fused-ring (bicyclic) bond motifs is 1. The predicted octanol–water partition coefficient (Wildman–Crippen LogP) is 1.26. The molecule has 0 bridgehead atoms. The lowest BCUT2D eigenvalue weighted by Gasteiger charge is -2.26. The number of rotatable bonds is 8. The van der Waals surface area contributed by atoms with Crippen molar-refractivity contribution in [3.63, 3.8) is 0 Å². The average Bonchev–Trinajstić information content (AvgIpc) is 3.21. The Kier molecular flexibility index (Phi) is 9.52. The molecule has 2 aromatic carbocycles. The average molecular weight is 518 g/mol. The largest absolute Gasteiger partial charge is 0.573 e. The molecule has 0 saturated carbocycles. The van der Waals surface area contributed by atoms with Crippen molar-refractivity contribution in [3.8, 4) is 11.5 Å². The number of benzene rings is 2. The molecule has 190 valence electrons. The second kappa shape index (κ2) is 11.7. The first kappa shape index (κ1) is 28.4. The molecule has 1 amide bonds. The zero-order chi connectivity index (χ0) is 26.4. The number of amides is 1.